The minimum atomic E-state index is -1.35. The van der Waals surface area contributed by atoms with Gasteiger partial charge in [-0.2, -0.15) is 0 Å². The van der Waals surface area contributed by atoms with E-state index in [2.05, 4.69) is 5.32 Å². The van der Waals surface area contributed by atoms with Gasteiger partial charge in [0.05, 0.1) is 0 Å². The molecule has 1 fully saturated rings. The molecule has 1 atom stereocenters. The molecule has 0 spiro atoms. The van der Waals surface area contributed by atoms with Crippen LogP contribution in [-0.2, 0) is 15.1 Å². The van der Waals surface area contributed by atoms with Crippen molar-refractivity contribution in [2.75, 3.05) is 0 Å². The summed E-state index contributed by atoms with van der Waals surface area (Å²) in [6.45, 7) is 1.53. The Bertz CT molecular complexity index is 453. The van der Waals surface area contributed by atoms with Crippen molar-refractivity contribution < 1.29 is 14.7 Å². The van der Waals surface area contributed by atoms with Crippen molar-refractivity contribution in [1.29, 1.82) is 0 Å². The van der Waals surface area contributed by atoms with E-state index in [-0.39, 0.29) is 11.8 Å². The summed E-state index contributed by atoms with van der Waals surface area (Å²) >= 11 is 0. The first-order chi connectivity index (χ1) is 8.54. The van der Waals surface area contributed by atoms with Gasteiger partial charge in [0.2, 0.25) is 5.91 Å². The smallest absolute Gasteiger partial charge is 0.333 e. The molecule has 1 aliphatic carbocycles. The van der Waals surface area contributed by atoms with Crippen molar-refractivity contribution in [3.05, 3.63) is 35.9 Å². The number of hydrogen-bond acceptors (Lipinski definition) is 2. The van der Waals surface area contributed by atoms with Gasteiger partial charge in [-0.05, 0) is 25.3 Å². The lowest BCUT2D eigenvalue weighted by molar-refractivity contribution is -0.148. The third-order valence-electron chi connectivity index (χ3n) is 3.63. The fourth-order valence-corrected chi connectivity index (χ4v) is 2.04. The average Bonchev–Trinajstić information content (AvgIpc) is 2.27. The molecule has 4 nitrogen and oxygen atoms in total. The van der Waals surface area contributed by atoms with Gasteiger partial charge < -0.3 is 10.4 Å². The summed E-state index contributed by atoms with van der Waals surface area (Å²) in [4.78, 5) is 23.4. The van der Waals surface area contributed by atoms with E-state index in [0.29, 0.717) is 5.56 Å². The lowest BCUT2D eigenvalue weighted by Crippen LogP contribution is -2.52. The van der Waals surface area contributed by atoms with Gasteiger partial charge in [0, 0.05) is 5.92 Å². The summed E-state index contributed by atoms with van der Waals surface area (Å²) in [5.74, 6) is -1.22. The van der Waals surface area contributed by atoms with E-state index in [9.17, 15) is 14.7 Å². The predicted molar refractivity (Wildman–Crippen MR) is 66.9 cm³/mol. The third kappa shape index (κ3) is 2.23. The molecule has 2 N–H and O–H groups in total. The van der Waals surface area contributed by atoms with Crippen LogP contribution in [-0.4, -0.2) is 17.0 Å². The van der Waals surface area contributed by atoms with Crippen LogP contribution in [0.2, 0.25) is 0 Å². The topological polar surface area (TPSA) is 66.4 Å². The monoisotopic (exact) mass is 247 g/mol. The van der Waals surface area contributed by atoms with Crippen molar-refractivity contribution in [3.8, 4) is 0 Å². The molecule has 0 saturated heterocycles. The van der Waals surface area contributed by atoms with Crippen LogP contribution < -0.4 is 5.32 Å². The summed E-state index contributed by atoms with van der Waals surface area (Å²) in [5.41, 5.74) is -0.765. The minimum absolute atomic E-state index is 0.0209. The van der Waals surface area contributed by atoms with Crippen molar-refractivity contribution in [1.82, 2.24) is 5.32 Å². The Kier molecular flexibility index (Phi) is 3.36. The molecule has 1 aromatic carbocycles. The molecule has 0 aliphatic heterocycles. The second-order valence-electron chi connectivity index (χ2n) is 4.91. The van der Waals surface area contributed by atoms with Crippen molar-refractivity contribution in [2.24, 2.45) is 5.92 Å². The van der Waals surface area contributed by atoms with Crippen LogP contribution in [0.15, 0.2) is 30.3 Å². The van der Waals surface area contributed by atoms with Crippen LogP contribution in [0, 0.1) is 5.92 Å². The molecular formula is C14H17NO3. The molecule has 0 radical (unpaired) electrons. The summed E-state index contributed by atoms with van der Waals surface area (Å²) in [6.07, 6.45) is 2.76. The van der Waals surface area contributed by atoms with Crippen LogP contribution in [0.3, 0.4) is 0 Å². The molecule has 1 saturated carbocycles. The number of carboxylic acid groups (broad SMARTS) is 1. The molecule has 18 heavy (non-hydrogen) atoms. The Labute approximate surface area is 106 Å². The van der Waals surface area contributed by atoms with Gasteiger partial charge in [-0.25, -0.2) is 4.79 Å². The number of benzene rings is 1. The van der Waals surface area contributed by atoms with Crippen LogP contribution in [0.25, 0.3) is 0 Å². The standard InChI is InChI=1S/C14H17NO3/c1-14(13(17)18,11-8-3-2-4-9-11)15-12(16)10-6-5-7-10/h2-4,8-10H,5-7H2,1H3,(H,15,16)(H,17,18). The van der Waals surface area contributed by atoms with E-state index < -0.39 is 11.5 Å². The number of carbonyl (C=O) groups excluding carboxylic acids is 1. The maximum absolute atomic E-state index is 11.9. The average molecular weight is 247 g/mol. The highest BCUT2D eigenvalue weighted by molar-refractivity contribution is 5.89. The number of nitrogens with one attached hydrogen (secondary N) is 1. The number of hydrogen-bond donors (Lipinski definition) is 2. The van der Waals surface area contributed by atoms with Crippen LogP contribution in [0.4, 0.5) is 0 Å². The zero-order chi connectivity index (χ0) is 13.2. The fourth-order valence-electron chi connectivity index (χ4n) is 2.04. The SMILES string of the molecule is CC(NC(=O)C1CCC1)(C(=O)O)c1ccccc1. The van der Waals surface area contributed by atoms with Crippen LogP contribution in [0.1, 0.15) is 31.7 Å². The van der Waals surface area contributed by atoms with E-state index in [1.54, 1.807) is 24.3 Å². The van der Waals surface area contributed by atoms with Crippen LogP contribution >= 0.6 is 0 Å². The first-order valence-corrected chi connectivity index (χ1v) is 6.15. The van der Waals surface area contributed by atoms with E-state index in [1.165, 1.54) is 6.92 Å². The number of rotatable bonds is 4. The molecule has 0 heterocycles. The number of carboxylic acids is 1. The van der Waals surface area contributed by atoms with Crippen molar-refractivity contribution >= 4 is 11.9 Å². The first-order valence-electron chi connectivity index (χ1n) is 6.15. The van der Waals surface area contributed by atoms with Crippen molar-refractivity contribution in [3.63, 3.8) is 0 Å². The number of aliphatic carboxylic acids is 1. The maximum Gasteiger partial charge on any atom is 0.333 e. The largest absolute Gasteiger partial charge is 0.479 e. The highest BCUT2D eigenvalue weighted by Gasteiger charge is 2.39. The van der Waals surface area contributed by atoms with Gasteiger partial charge >= 0.3 is 5.97 Å². The Morgan fingerprint density at radius 2 is 1.89 bits per heavy atom. The minimum Gasteiger partial charge on any atom is -0.479 e. The summed E-state index contributed by atoms with van der Waals surface area (Å²) in [5, 5.41) is 12.1. The zero-order valence-electron chi connectivity index (χ0n) is 10.3. The molecule has 96 valence electrons. The predicted octanol–water partition coefficient (Wildman–Crippen LogP) is 1.90. The second kappa shape index (κ2) is 4.80. The Morgan fingerprint density at radius 1 is 1.28 bits per heavy atom. The lowest BCUT2D eigenvalue weighted by atomic mass is 9.83. The van der Waals surface area contributed by atoms with E-state index in [4.69, 9.17) is 0 Å². The van der Waals surface area contributed by atoms with E-state index in [0.717, 1.165) is 19.3 Å². The van der Waals surface area contributed by atoms with Crippen LogP contribution in [0.5, 0.6) is 0 Å². The van der Waals surface area contributed by atoms with Crippen molar-refractivity contribution in [2.45, 2.75) is 31.7 Å². The molecule has 2 rings (SSSR count). The number of carbonyl (C=O) groups is 2. The molecule has 1 unspecified atom stereocenters. The van der Waals surface area contributed by atoms with Gasteiger partial charge in [-0.1, -0.05) is 36.8 Å². The maximum atomic E-state index is 11.9. The molecule has 1 amide bonds. The first kappa shape index (κ1) is 12.6. The van der Waals surface area contributed by atoms with Gasteiger partial charge in [-0.15, -0.1) is 0 Å². The Morgan fingerprint density at radius 3 is 2.33 bits per heavy atom. The highest BCUT2D eigenvalue weighted by Crippen LogP contribution is 2.29. The molecule has 4 heteroatoms. The number of amides is 1. The Hall–Kier alpha value is -1.84. The molecule has 1 aliphatic rings. The lowest BCUT2D eigenvalue weighted by Gasteiger charge is -2.31. The highest BCUT2D eigenvalue weighted by atomic mass is 16.4. The second-order valence-corrected chi connectivity index (χ2v) is 4.91. The zero-order valence-corrected chi connectivity index (χ0v) is 10.3. The van der Waals surface area contributed by atoms with E-state index >= 15 is 0 Å². The third-order valence-corrected chi connectivity index (χ3v) is 3.63. The quantitative estimate of drug-likeness (QED) is 0.854. The van der Waals surface area contributed by atoms with Gasteiger partial charge in [0.15, 0.2) is 5.54 Å². The molecule has 0 bridgehead atoms. The molecular weight excluding hydrogens is 230 g/mol. The molecule has 1 aromatic rings. The van der Waals surface area contributed by atoms with E-state index in [1.807, 2.05) is 6.07 Å². The normalized spacial score (nSPS) is 18.5. The summed E-state index contributed by atoms with van der Waals surface area (Å²) in [6, 6.07) is 8.79. The van der Waals surface area contributed by atoms with Gasteiger partial charge in [0.25, 0.3) is 0 Å². The fraction of sp³-hybridized carbons (Fsp3) is 0.429. The molecule has 0 aromatic heterocycles. The Balaban J connectivity index is 2.21. The van der Waals surface area contributed by atoms with Gasteiger partial charge in [-0.3, -0.25) is 4.79 Å². The summed E-state index contributed by atoms with van der Waals surface area (Å²) in [7, 11) is 0. The summed E-state index contributed by atoms with van der Waals surface area (Å²) < 4.78 is 0. The van der Waals surface area contributed by atoms with Gasteiger partial charge in [0.1, 0.15) is 0 Å².